The normalized spacial score (nSPS) is 23.1. The summed E-state index contributed by atoms with van der Waals surface area (Å²) in [6.45, 7) is 5.57. The minimum absolute atomic E-state index is 0.277. The van der Waals surface area contributed by atoms with Gasteiger partial charge in [-0.2, -0.15) is 0 Å². The highest BCUT2D eigenvalue weighted by atomic mass is 16.5. The third kappa shape index (κ3) is 3.07. The zero-order valence-corrected chi connectivity index (χ0v) is 12.1. The van der Waals surface area contributed by atoms with Gasteiger partial charge in [0, 0.05) is 37.3 Å². The molecule has 2 aliphatic rings. The third-order valence-electron chi connectivity index (χ3n) is 4.25. The van der Waals surface area contributed by atoms with Crippen molar-refractivity contribution in [2.24, 2.45) is 0 Å². The zero-order chi connectivity index (χ0) is 13.9. The van der Waals surface area contributed by atoms with Crippen molar-refractivity contribution in [3.63, 3.8) is 0 Å². The lowest BCUT2D eigenvalue weighted by molar-refractivity contribution is 0.312. The highest BCUT2D eigenvalue weighted by molar-refractivity contribution is 5.45. The van der Waals surface area contributed by atoms with Gasteiger partial charge in [-0.25, -0.2) is 0 Å². The SMILES string of the molecule is CCOc1cccc(CNC2CCN(C3CC3)C2)c1O. The van der Waals surface area contributed by atoms with Crippen LogP contribution < -0.4 is 10.1 Å². The van der Waals surface area contributed by atoms with Gasteiger partial charge in [-0.1, -0.05) is 12.1 Å². The second-order valence-electron chi connectivity index (χ2n) is 5.79. The number of benzene rings is 1. The number of likely N-dealkylation sites (tertiary alicyclic amines) is 1. The molecule has 2 N–H and O–H groups in total. The second kappa shape index (κ2) is 6.02. The van der Waals surface area contributed by atoms with E-state index in [4.69, 9.17) is 4.74 Å². The maximum absolute atomic E-state index is 10.2. The van der Waals surface area contributed by atoms with Crippen molar-refractivity contribution in [1.82, 2.24) is 10.2 Å². The van der Waals surface area contributed by atoms with Gasteiger partial charge in [0.1, 0.15) is 0 Å². The predicted molar refractivity (Wildman–Crippen MR) is 79.1 cm³/mol. The van der Waals surface area contributed by atoms with Crippen LogP contribution in [0.15, 0.2) is 18.2 Å². The number of aromatic hydroxyl groups is 1. The average molecular weight is 276 g/mol. The van der Waals surface area contributed by atoms with Crippen LogP contribution in [-0.2, 0) is 6.54 Å². The van der Waals surface area contributed by atoms with Crippen LogP contribution in [0.1, 0.15) is 31.7 Å². The number of phenolic OH excluding ortho intramolecular Hbond substituents is 1. The molecule has 1 aliphatic carbocycles. The van der Waals surface area contributed by atoms with Gasteiger partial charge in [0.15, 0.2) is 11.5 Å². The minimum atomic E-state index is 0.277. The Morgan fingerprint density at radius 1 is 1.35 bits per heavy atom. The van der Waals surface area contributed by atoms with Crippen molar-refractivity contribution < 1.29 is 9.84 Å². The Morgan fingerprint density at radius 2 is 2.20 bits per heavy atom. The van der Waals surface area contributed by atoms with Crippen LogP contribution in [0.3, 0.4) is 0 Å². The third-order valence-corrected chi connectivity index (χ3v) is 4.25. The van der Waals surface area contributed by atoms with Gasteiger partial charge in [-0.3, -0.25) is 4.90 Å². The molecule has 1 atom stereocenters. The quantitative estimate of drug-likeness (QED) is 0.835. The number of rotatable bonds is 6. The van der Waals surface area contributed by atoms with Gasteiger partial charge in [0.25, 0.3) is 0 Å². The van der Waals surface area contributed by atoms with E-state index in [1.54, 1.807) is 0 Å². The number of nitrogens with zero attached hydrogens (tertiary/aromatic N) is 1. The van der Waals surface area contributed by atoms with Crippen LogP contribution in [0.2, 0.25) is 0 Å². The fraction of sp³-hybridized carbons (Fsp3) is 0.625. The lowest BCUT2D eigenvalue weighted by Gasteiger charge is -2.16. The van der Waals surface area contributed by atoms with Crippen LogP contribution in [0.25, 0.3) is 0 Å². The number of phenols is 1. The van der Waals surface area contributed by atoms with Crippen LogP contribution >= 0.6 is 0 Å². The molecule has 1 aliphatic heterocycles. The summed E-state index contributed by atoms with van der Waals surface area (Å²) < 4.78 is 5.42. The molecule has 20 heavy (non-hydrogen) atoms. The highest BCUT2D eigenvalue weighted by Crippen LogP contribution is 2.31. The van der Waals surface area contributed by atoms with Crippen LogP contribution in [0, 0.1) is 0 Å². The summed E-state index contributed by atoms with van der Waals surface area (Å²) in [5.41, 5.74) is 0.917. The van der Waals surface area contributed by atoms with Gasteiger partial charge in [-0.15, -0.1) is 0 Å². The summed E-state index contributed by atoms with van der Waals surface area (Å²) in [6.07, 6.45) is 3.97. The largest absolute Gasteiger partial charge is 0.504 e. The van der Waals surface area contributed by atoms with E-state index in [1.807, 2.05) is 25.1 Å². The summed E-state index contributed by atoms with van der Waals surface area (Å²) in [5, 5.41) is 13.7. The van der Waals surface area contributed by atoms with Crippen molar-refractivity contribution in [3.05, 3.63) is 23.8 Å². The molecule has 110 valence electrons. The monoisotopic (exact) mass is 276 g/mol. The standard InChI is InChI=1S/C16H24N2O2/c1-2-20-15-5-3-4-12(16(15)19)10-17-13-8-9-18(11-13)14-6-7-14/h3-5,13-14,17,19H,2,6-11H2,1H3. The molecule has 1 aromatic carbocycles. The second-order valence-corrected chi connectivity index (χ2v) is 5.79. The highest BCUT2D eigenvalue weighted by Gasteiger charge is 2.34. The van der Waals surface area contributed by atoms with Gasteiger partial charge >= 0.3 is 0 Å². The Kier molecular flexibility index (Phi) is 4.13. The number of para-hydroxylation sites is 1. The number of hydrogen-bond acceptors (Lipinski definition) is 4. The summed E-state index contributed by atoms with van der Waals surface area (Å²) in [7, 11) is 0. The van der Waals surface area contributed by atoms with E-state index in [0.717, 1.165) is 18.2 Å². The van der Waals surface area contributed by atoms with E-state index < -0.39 is 0 Å². The van der Waals surface area contributed by atoms with Gasteiger partial charge in [-0.05, 0) is 32.3 Å². The molecule has 1 saturated heterocycles. The molecule has 1 saturated carbocycles. The molecule has 0 bridgehead atoms. The molecule has 3 rings (SSSR count). The molecule has 2 fully saturated rings. The summed E-state index contributed by atoms with van der Waals surface area (Å²) >= 11 is 0. The van der Waals surface area contributed by atoms with Crippen LogP contribution in [-0.4, -0.2) is 41.8 Å². The predicted octanol–water partition coefficient (Wildman–Crippen LogP) is 2.12. The Morgan fingerprint density at radius 3 is 2.95 bits per heavy atom. The van der Waals surface area contributed by atoms with Crippen molar-refractivity contribution in [2.75, 3.05) is 19.7 Å². The molecule has 1 unspecified atom stereocenters. The first-order chi connectivity index (χ1) is 9.78. The van der Waals surface area contributed by atoms with Crippen LogP contribution in [0.4, 0.5) is 0 Å². The number of ether oxygens (including phenoxy) is 1. The molecular weight excluding hydrogens is 252 g/mol. The van der Waals surface area contributed by atoms with E-state index in [9.17, 15) is 5.11 Å². The first-order valence-electron chi connectivity index (χ1n) is 7.69. The van der Waals surface area contributed by atoms with Crippen LogP contribution in [0.5, 0.6) is 11.5 Å². The molecule has 0 radical (unpaired) electrons. The summed E-state index contributed by atoms with van der Waals surface area (Å²) in [6, 6.07) is 7.11. The number of hydrogen-bond donors (Lipinski definition) is 2. The van der Waals surface area contributed by atoms with E-state index in [0.29, 0.717) is 24.9 Å². The topological polar surface area (TPSA) is 44.7 Å². The Bertz CT molecular complexity index is 460. The molecule has 0 amide bonds. The van der Waals surface area contributed by atoms with E-state index >= 15 is 0 Å². The smallest absolute Gasteiger partial charge is 0.162 e. The molecular formula is C16H24N2O2. The first kappa shape index (κ1) is 13.7. The molecule has 0 aromatic heterocycles. The molecule has 0 spiro atoms. The fourth-order valence-electron chi connectivity index (χ4n) is 2.96. The maximum Gasteiger partial charge on any atom is 0.162 e. The van der Waals surface area contributed by atoms with E-state index in [1.165, 1.54) is 25.8 Å². The van der Waals surface area contributed by atoms with E-state index in [2.05, 4.69) is 10.2 Å². The molecule has 1 aromatic rings. The van der Waals surface area contributed by atoms with Crippen molar-refractivity contribution in [3.8, 4) is 11.5 Å². The maximum atomic E-state index is 10.2. The zero-order valence-electron chi connectivity index (χ0n) is 12.1. The lowest BCUT2D eigenvalue weighted by atomic mass is 10.1. The van der Waals surface area contributed by atoms with Gasteiger partial charge in [0.2, 0.25) is 0 Å². The molecule has 4 heteroatoms. The Hall–Kier alpha value is -1.26. The first-order valence-corrected chi connectivity index (χ1v) is 7.69. The Labute approximate surface area is 120 Å². The Balaban J connectivity index is 1.54. The lowest BCUT2D eigenvalue weighted by Crippen LogP contribution is -2.32. The van der Waals surface area contributed by atoms with E-state index in [-0.39, 0.29) is 5.75 Å². The average Bonchev–Trinajstić information content (AvgIpc) is 3.20. The van der Waals surface area contributed by atoms with Gasteiger partial charge < -0.3 is 15.2 Å². The summed E-state index contributed by atoms with van der Waals surface area (Å²) in [5.74, 6) is 0.858. The molecule has 4 nitrogen and oxygen atoms in total. The van der Waals surface area contributed by atoms with Crippen molar-refractivity contribution >= 4 is 0 Å². The summed E-state index contributed by atoms with van der Waals surface area (Å²) in [4.78, 5) is 2.59. The fourth-order valence-corrected chi connectivity index (χ4v) is 2.96. The minimum Gasteiger partial charge on any atom is -0.504 e. The molecule has 1 heterocycles. The number of nitrogens with one attached hydrogen (secondary N) is 1. The van der Waals surface area contributed by atoms with Crippen molar-refractivity contribution in [1.29, 1.82) is 0 Å². The van der Waals surface area contributed by atoms with Gasteiger partial charge in [0.05, 0.1) is 6.61 Å². The van der Waals surface area contributed by atoms with Crippen molar-refractivity contribution in [2.45, 2.75) is 44.8 Å².